The van der Waals surface area contributed by atoms with Crippen molar-refractivity contribution < 1.29 is 28.4 Å². The van der Waals surface area contributed by atoms with Gasteiger partial charge in [-0.05, 0) is 5.56 Å². The van der Waals surface area contributed by atoms with Crippen LogP contribution in [0.3, 0.4) is 0 Å². The average molecular weight is 463 g/mol. The van der Waals surface area contributed by atoms with E-state index in [9.17, 15) is 0 Å². The normalized spacial score (nSPS) is 32.3. The highest BCUT2D eigenvalue weighted by Crippen LogP contribution is 2.46. The molecular weight excluding hydrogens is 420 g/mol. The Morgan fingerprint density at radius 3 is 2.06 bits per heavy atom. The number of fused-ring (bicyclic) bond motifs is 1. The summed E-state index contributed by atoms with van der Waals surface area (Å²) in [6, 6.07) is 10.2. The maximum absolute atomic E-state index is 6.62. The van der Waals surface area contributed by atoms with E-state index >= 15 is 0 Å². The maximum Gasteiger partial charge on any atom is 0.190 e. The summed E-state index contributed by atoms with van der Waals surface area (Å²) >= 11 is 0. The monoisotopic (exact) mass is 462 g/mol. The van der Waals surface area contributed by atoms with Crippen LogP contribution in [-0.4, -0.2) is 48.9 Å². The van der Waals surface area contributed by atoms with Gasteiger partial charge < -0.3 is 28.4 Å². The first-order valence-electron chi connectivity index (χ1n) is 13.1. The molecule has 3 saturated heterocycles. The topological polar surface area (TPSA) is 55.4 Å². The van der Waals surface area contributed by atoms with Crippen molar-refractivity contribution in [3.05, 3.63) is 35.9 Å². The van der Waals surface area contributed by atoms with Gasteiger partial charge in [-0.2, -0.15) is 0 Å². The molecule has 0 saturated carbocycles. The molecule has 0 N–H and O–H groups in total. The number of benzene rings is 1. The van der Waals surface area contributed by atoms with E-state index in [2.05, 4.69) is 39.8 Å². The molecule has 6 heteroatoms. The van der Waals surface area contributed by atoms with Crippen LogP contribution in [0.4, 0.5) is 0 Å². The van der Waals surface area contributed by atoms with Gasteiger partial charge in [0.15, 0.2) is 17.9 Å². The molecule has 5 atom stereocenters. The van der Waals surface area contributed by atoms with Gasteiger partial charge >= 0.3 is 0 Å². The van der Waals surface area contributed by atoms with E-state index in [4.69, 9.17) is 28.4 Å². The van der Waals surface area contributed by atoms with Crippen LogP contribution in [0.15, 0.2) is 30.3 Å². The van der Waals surface area contributed by atoms with Gasteiger partial charge in [0, 0.05) is 25.7 Å². The molecule has 0 unspecified atom stereocenters. The Hall–Kier alpha value is -1.02. The maximum atomic E-state index is 6.62. The van der Waals surface area contributed by atoms with Crippen molar-refractivity contribution in [1.29, 1.82) is 0 Å². The summed E-state index contributed by atoms with van der Waals surface area (Å²) in [5.41, 5.74) is 1.13. The lowest BCUT2D eigenvalue weighted by molar-refractivity contribution is -0.258. The highest BCUT2D eigenvalue weighted by atomic mass is 16.9. The number of rotatable bonds is 12. The molecule has 186 valence electrons. The fourth-order valence-electron chi connectivity index (χ4n) is 5.62. The lowest BCUT2D eigenvalue weighted by Gasteiger charge is -2.33. The zero-order valence-electron chi connectivity index (χ0n) is 20.8. The van der Waals surface area contributed by atoms with E-state index < -0.39 is 17.9 Å². The highest BCUT2D eigenvalue weighted by Gasteiger charge is 2.61. The summed E-state index contributed by atoms with van der Waals surface area (Å²) in [5.74, 6) is -1.10. The van der Waals surface area contributed by atoms with Gasteiger partial charge in [0.1, 0.15) is 24.4 Å². The predicted molar refractivity (Wildman–Crippen MR) is 126 cm³/mol. The molecule has 0 aromatic heterocycles. The number of hydrogen-bond acceptors (Lipinski definition) is 6. The Morgan fingerprint density at radius 2 is 1.42 bits per heavy atom. The molecular formula is C27H42O6. The third-order valence-electron chi connectivity index (χ3n) is 6.94. The van der Waals surface area contributed by atoms with Gasteiger partial charge in [0.05, 0.1) is 13.2 Å². The summed E-state index contributed by atoms with van der Waals surface area (Å²) in [6.07, 6.45) is 6.01. The molecule has 4 rings (SSSR count). The van der Waals surface area contributed by atoms with Crippen molar-refractivity contribution >= 4 is 0 Å². The summed E-state index contributed by atoms with van der Waals surface area (Å²) in [4.78, 5) is 0. The van der Waals surface area contributed by atoms with Gasteiger partial charge in [-0.25, -0.2) is 0 Å². The van der Waals surface area contributed by atoms with E-state index in [-0.39, 0.29) is 24.4 Å². The summed E-state index contributed by atoms with van der Waals surface area (Å²) < 4.78 is 38.9. The van der Waals surface area contributed by atoms with Crippen LogP contribution in [0.25, 0.3) is 0 Å². The molecule has 0 radical (unpaired) electrons. The molecule has 3 heterocycles. The van der Waals surface area contributed by atoms with E-state index in [0.29, 0.717) is 13.2 Å². The molecule has 1 aromatic rings. The zero-order valence-corrected chi connectivity index (χ0v) is 20.8. The van der Waals surface area contributed by atoms with Crippen molar-refractivity contribution in [3.63, 3.8) is 0 Å². The van der Waals surface area contributed by atoms with Gasteiger partial charge in [0.2, 0.25) is 0 Å². The van der Waals surface area contributed by atoms with Crippen LogP contribution in [0.5, 0.6) is 0 Å². The van der Waals surface area contributed by atoms with Crippen LogP contribution < -0.4 is 0 Å². The van der Waals surface area contributed by atoms with Crippen LogP contribution >= 0.6 is 0 Å². The molecule has 3 aliphatic rings. The minimum Gasteiger partial charge on any atom is -0.368 e. The molecule has 0 aliphatic carbocycles. The Balaban J connectivity index is 1.52. The van der Waals surface area contributed by atoms with Crippen molar-refractivity contribution in [2.75, 3.05) is 6.61 Å². The molecule has 0 bridgehead atoms. The van der Waals surface area contributed by atoms with E-state index in [1.807, 2.05) is 18.2 Å². The molecule has 0 amide bonds. The van der Waals surface area contributed by atoms with Gasteiger partial charge in [-0.1, -0.05) is 83.7 Å². The second-order valence-electron chi connectivity index (χ2n) is 9.72. The first-order valence-corrected chi connectivity index (χ1v) is 13.1. The Morgan fingerprint density at radius 1 is 0.788 bits per heavy atom. The Kier molecular flexibility index (Phi) is 8.47. The molecule has 3 aliphatic heterocycles. The lowest BCUT2D eigenvalue weighted by atomic mass is 10.0. The van der Waals surface area contributed by atoms with Crippen LogP contribution in [0.1, 0.15) is 84.6 Å². The largest absolute Gasteiger partial charge is 0.368 e. The van der Waals surface area contributed by atoms with Crippen LogP contribution in [-0.2, 0) is 35.0 Å². The molecule has 3 fully saturated rings. The standard InChI is InChI=1S/C27H42O6/c1-5-14-26(15-6-2)29-19-21(31-26)22-23(28-18-20-12-10-9-11-13-20)24-25(30-22)33-27(32-24,16-7-3)17-8-4/h9-13,21-25H,5-8,14-19H2,1-4H3/t21-,22-,23+,24-,25-/m1/s1. The summed E-state index contributed by atoms with van der Waals surface area (Å²) in [5, 5.41) is 0. The molecule has 33 heavy (non-hydrogen) atoms. The molecule has 0 spiro atoms. The van der Waals surface area contributed by atoms with Crippen molar-refractivity contribution in [3.8, 4) is 0 Å². The number of hydrogen-bond donors (Lipinski definition) is 0. The predicted octanol–water partition coefficient (Wildman–Crippen LogP) is 5.72. The first-order chi connectivity index (χ1) is 16.1. The van der Waals surface area contributed by atoms with Crippen molar-refractivity contribution in [1.82, 2.24) is 0 Å². The highest BCUT2D eigenvalue weighted by molar-refractivity contribution is 5.13. The van der Waals surface area contributed by atoms with Crippen LogP contribution in [0.2, 0.25) is 0 Å². The summed E-state index contributed by atoms with van der Waals surface area (Å²) in [7, 11) is 0. The second-order valence-corrected chi connectivity index (χ2v) is 9.72. The van der Waals surface area contributed by atoms with Crippen LogP contribution in [0, 0.1) is 0 Å². The van der Waals surface area contributed by atoms with Gasteiger partial charge in [-0.3, -0.25) is 0 Å². The zero-order chi connectivity index (χ0) is 23.3. The SMILES string of the molecule is CCCC1(CCC)O[C@H]2O[C@H]([C@H]3COC(CCC)(CCC)O3)[C@H](OCc3ccccc3)[C@H]2O1. The smallest absolute Gasteiger partial charge is 0.190 e. The average Bonchev–Trinajstić information content (AvgIpc) is 3.46. The summed E-state index contributed by atoms with van der Waals surface area (Å²) in [6.45, 7) is 9.66. The minimum absolute atomic E-state index is 0.201. The first kappa shape index (κ1) is 25.1. The lowest BCUT2D eigenvalue weighted by Crippen LogP contribution is -2.45. The van der Waals surface area contributed by atoms with Crippen molar-refractivity contribution in [2.45, 2.75) is 128 Å². The third kappa shape index (κ3) is 5.47. The molecule has 1 aromatic carbocycles. The van der Waals surface area contributed by atoms with E-state index in [1.165, 1.54) is 0 Å². The van der Waals surface area contributed by atoms with Crippen molar-refractivity contribution in [2.24, 2.45) is 0 Å². The van der Waals surface area contributed by atoms with E-state index in [0.717, 1.165) is 56.9 Å². The second kappa shape index (κ2) is 11.1. The fraction of sp³-hybridized carbons (Fsp3) is 0.778. The molecule has 6 nitrogen and oxygen atoms in total. The quantitative estimate of drug-likeness (QED) is 0.396. The third-order valence-corrected chi connectivity index (χ3v) is 6.94. The number of ether oxygens (including phenoxy) is 6. The minimum atomic E-state index is -0.584. The fourth-order valence-corrected chi connectivity index (χ4v) is 5.62. The van der Waals surface area contributed by atoms with E-state index in [1.54, 1.807) is 0 Å². The Labute approximate surface area is 199 Å². The Bertz CT molecular complexity index is 713. The van der Waals surface area contributed by atoms with Gasteiger partial charge in [0.25, 0.3) is 0 Å². The van der Waals surface area contributed by atoms with Gasteiger partial charge in [-0.15, -0.1) is 0 Å².